The maximum absolute atomic E-state index is 13.2. The molecule has 3 aromatic heterocycles. The highest BCUT2D eigenvalue weighted by atomic mass is 16.3. The summed E-state index contributed by atoms with van der Waals surface area (Å²) in [7, 11) is 0. The minimum absolute atomic E-state index is 0.116. The maximum atomic E-state index is 13.2. The molecule has 186 valence electrons. The van der Waals surface area contributed by atoms with E-state index >= 15 is 0 Å². The third-order valence-corrected chi connectivity index (χ3v) is 7.60. The smallest absolute Gasteiger partial charge is 0.267 e. The first kappa shape index (κ1) is 24.2. The standard InChI is InChI=1S/C28H31N5O3/c29-16-22-9-8-20(17-30-22)19-10-13-32(14-11-19)18-21-15-23(28(36)33-12-4-3-6-25(21)33)27(35)31-24-5-1-2-7-26(24)34/h3-4,6,8-9,12,15,17,19,24,26,34H,1-2,5,7,10-11,13-14,18H2,(H,31,35)/t24-,26-/m0/s1. The van der Waals surface area contributed by atoms with Crippen molar-refractivity contribution in [3.63, 3.8) is 0 Å². The zero-order chi connectivity index (χ0) is 25.1. The van der Waals surface area contributed by atoms with Gasteiger partial charge >= 0.3 is 0 Å². The molecular formula is C28H31N5O3. The van der Waals surface area contributed by atoms with E-state index in [1.54, 1.807) is 28.8 Å². The summed E-state index contributed by atoms with van der Waals surface area (Å²) in [5.41, 5.74) is 3.10. The molecule has 8 nitrogen and oxygen atoms in total. The largest absolute Gasteiger partial charge is 0.391 e. The van der Waals surface area contributed by atoms with E-state index < -0.39 is 12.0 Å². The molecule has 2 atom stereocenters. The quantitative estimate of drug-likeness (QED) is 0.575. The first-order valence-corrected chi connectivity index (χ1v) is 12.7. The maximum Gasteiger partial charge on any atom is 0.267 e. The molecule has 3 aromatic rings. The second-order valence-electron chi connectivity index (χ2n) is 9.92. The van der Waals surface area contributed by atoms with Crippen molar-refractivity contribution in [1.29, 1.82) is 5.26 Å². The van der Waals surface area contributed by atoms with Gasteiger partial charge in [0.15, 0.2) is 0 Å². The lowest BCUT2D eigenvalue weighted by Crippen LogP contribution is -2.46. The zero-order valence-corrected chi connectivity index (χ0v) is 20.3. The molecule has 1 aliphatic carbocycles. The van der Waals surface area contributed by atoms with Crippen LogP contribution in [-0.2, 0) is 6.54 Å². The van der Waals surface area contributed by atoms with Crippen LogP contribution < -0.4 is 10.9 Å². The Morgan fingerprint density at radius 1 is 1.14 bits per heavy atom. The number of carbonyl (C=O) groups is 1. The number of nitriles is 1. The molecular weight excluding hydrogens is 454 g/mol. The van der Waals surface area contributed by atoms with Gasteiger partial charge in [-0.1, -0.05) is 25.0 Å². The van der Waals surface area contributed by atoms with Crippen LogP contribution in [0.2, 0.25) is 0 Å². The summed E-state index contributed by atoms with van der Waals surface area (Å²) in [5.74, 6) is -0.0163. The minimum Gasteiger partial charge on any atom is -0.391 e. The van der Waals surface area contributed by atoms with Gasteiger partial charge in [-0.25, -0.2) is 4.98 Å². The second kappa shape index (κ2) is 10.6. The zero-order valence-electron chi connectivity index (χ0n) is 20.3. The number of likely N-dealkylation sites (tertiary alicyclic amines) is 1. The van der Waals surface area contributed by atoms with Gasteiger partial charge in [-0.05, 0) is 80.1 Å². The number of aromatic nitrogens is 2. The number of carbonyl (C=O) groups excluding carboxylic acids is 1. The average Bonchev–Trinajstić information content (AvgIpc) is 2.92. The van der Waals surface area contributed by atoms with E-state index in [4.69, 9.17) is 5.26 Å². The summed E-state index contributed by atoms with van der Waals surface area (Å²) in [6.07, 6.45) is 8.20. The topological polar surface area (TPSA) is 111 Å². The monoisotopic (exact) mass is 485 g/mol. The molecule has 0 unspecified atom stereocenters. The molecule has 1 amide bonds. The second-order valence-corrected chi connectivity index (χ2v) is 9.92. The van der Waals surface area contributed by atoms with E-state index in [-0.39, 0.29) is 17.2 Å². The fraction of sp³-hybridized carbons (Fsp3) is 0.429. The van der Waals surface area contributed by atoms with Crippen molar-refractivity contribution in [2.24, 2.45) is 0 Å². The molecule has 2 N–H and O–H groups in total. The first-order chi connectivity index (χ1) is 17.5. The number of hydrogen-bond acceptors (Lipinski definition) is 6. The van der Waals surface area contributed by atoms with E-state index in [9.17, 15) is 14.7 Å². The fourth-order valence-electron chi connectivity index (χ4n) is 5.51. The van der Waals surface area contributed by atoms with Crippen molar-refractivity contribution >= 4 is 11.4 Å². The van der Waals surface area contributed by atoms with Crippen LogP contribution in [0, 0.1) is 11.3 Å². The number of nitrogens with zero attached hydrogens (tertiary/aromatic N) is 4. The van der Waals surface area contributed by atoms with Gasteiger partial charge in [0.05, 0.1) is 17.7 Å². The number of piperidine rings is 1. The third kappa shape index (κ3) is 5.03. The van der Waals surface area contributed by atoms with E-state index in [2.05, 4.69) is 21.3 Å². The summed E-state index contributed by atoms with van der Waals surface area (Å²) >= 11 is 0. The summed E-state index contributed by atoms with van der Waals surface area (Å²) in [4.78, 5) is 32.9. The SMILES string of the molecule is N#Cc1ccc(C2CCN(Cc3cc(C(=O)N[C@H]4CCCC[C@@H]4O)c(=O)n4ccccc34)CC2)cn1. The van der Waals surface area contributed by atoms with Crippen LogP contribution in [0.4, 0.5) is 0 Å². The third-order valence-electron chi connectivity index (χ3n) is 7.60. The van der Waals surface area contributed by atoms with Gasteiger partial charge in [0, 0.05) is 18.9 Å². The van der Waals surface area contributed by atoms with Gasteiger partial charge < -0.3 is 10.4 Å². The molecule has 2 aliphatic rings. The van der Waals surface area contributed by atoms with Crippen LogP contribution in [0.25, 0.3) is 5.52 Å². The van der Waals surface area contributed by atoms with Crippen molar-refractivity contribution in [1.82, 2.24) is 19.6 Å². The normalized spacial score (nSPS) is 21.2. The lowest BCUT2D eigenvalue weighted by atomic mass is 9.90. The Labute approximate surface area is 210 Å². The van der Waals surface area contributed by atoms with Crippen molar-refractivity contribution < 1.29 is 9.90 Å². The Balaban J connectivity index is 1.34. The minimum atomic E-state index is -0.571. The number of aliphatic hydroxyl groups is 1. The van der Waals surface area contributed by atoms with Crippen LogP contribution in [0.1, 0.15) is 71.6 Å². The average molecular weight is 486 g/mol. The van der Waals surface area contributed by atoms with Gasteiger partial charge in [-0.15, -0.1) is 0 Å². The Morgan fingerprint density at radius 3 is 2.67 bits per heavy atom. The van der Waals surface area contributed by atoms with Gasteiger partial charge in [0.1, 0.15) is 17.3 Å². The molecule has 36 heavy (non-hydrogen) atoms. The van der Waals surface area contributed by atoms with Gasteiger partial charge in [-0.3, -0.25) is 18.9 Å². The van der Waals surface area contributed by atoms with Crippen LogP contribution >= 0.6 is 0 Å². The van der Waals surface area contributed by atoms with Gasteiger partial charge in [-0.2, -0.15) is 5.26 Å². The summed E-state index contributed by atoms with van der Waals surface area (Å²) < 4.78 is 1.55. The molecule has 2 fully saturated rings. The Kier molecular flexibility index (Phi) is 7.12. The summed E-state index contributed by atoms with van der Waals surface area (Å²) in [5, 5.41) is 22.2. The number of aliphatic hydroxyl groups excluding tert-OH is 1. The summed E-state index contributed by atoms with van der Waals surface area (Å²) in [6.45, 7) is 2.41. The molecule has 1 aliphatic heterocycles. The number of pyridine rings is 3. The van der Waals surface area contributed by atoms with Crippen molar-refractivity contribution in [2.45, 2.75) is 63.1 Å². The van der Waals surface area contributed by atoms with Gasteiger partial charge in [0.2, 0.25) is 0 Å². The number of fused-ring (bicyclic) bond motifs is 1. The highest BCUT2D eigenvalue weighted by Gasteiger charge is 2.27. The molecule has 0 spiro atoms. The lowest BCUT2D eigenvalue weighted by Gasteiger charge is -2.32. The molecule has 0 radical (unpaired) electrons. The molecule has 8 heteroatoms. The fourth-order valence-corrected chi connectivity index (χ4v) is 5.51. The highest BCUT2D eigenvalue weighted by Crippen LogP contribution is 2.29. The van der Waals surface area contributed by atoms with Crippen molar-refractivity contribution in [2.75, 3.05) is 13.1 Å². The lowest BCUT2D eigenvalue weighted by molar-refractivity contribution is 0.0716. The molecule has 0 bridgehead atoms. The number of nitrogens with one attached hydrogen (secondary N) is 1. The van der Waals surface area contributed by atoms with Crippen LogP contribution in [0.15, 0.2) is 53.6 Å². The summed E-state index contributed by atoms with van der Waals surface area (Å²) in [6, 6.07) is 12.9. The Morgan fingerprint density at radius 2 is 1.94 bits per heavy atom. The van der Waals surface area contributed by atoms with E-state index in [1.807, 2.05) is 24.4 Å². The van der Waals surface area contributed by atoms with E-state index in [0.717, 1.165) is 61.8 Å². The number of rotatable bonds is 5. The predicted octanol–water partition coefficient (Wildman–Crippen LogP) is 2.98. The molecule has 5 rings (SSSR count). The Hall–Kier alpha value is -3.54. The molecule has 4 heterocycles. The highest BCUT2D eigenvalue weighted by molar-refractivity contribution is 5.94. The van der Waals surface area contributed by atoms with Crippen molar-refractivity contribution in [3.05, 3.63) is 81.5 Å². The number of amides is 1. The van der Waals surface area contributed by atoms with Crippen LogP contribution in [-0.4, -0.2) is 50.5 Å². The Bertz CT molecular complexity index is 1340. The van der Waals surface area contributed by atoms with E-state index in [0.29, 0.717) is 24.6 Å². The van der Waals surface area contributed by atoms with E-state index in [1.165, 1.54) is 0 Å². The molecule has 1 saturated carbocycles. The predicted molar refractivity (Wildman–Crippen MR) is 136 cm³/mol. The van der Waals surface area contributed by atoms with Crippen molar-refractivity contribution in [3.8, 4) is 6.07 Å². The molecule has 1 saturated heterocycles. The van der Waals surface area contributed by atoms with Crippen LogP contribution in [0.3, 0.4) is 0 Å². The number of hydrogen-bond donors (Lipinski definition) is 2. The van der Waals surface area contributed by atoms with Crippen LogP contribution in [0.5, 0.6) is 0 Å². The first-order valence-electron chi connectivity index (χ1n) is 12.7. The van der Waals surface area contributed by atoms with Gasteiger partial charge in [0.25, 0.3) is 11.5 Å². The molecule has 0 aromatic carbocycles.